The smallest absolute Gasteiger partial charge is 0.333 e. The molecule has 0 fully saturated rings. The molecule has 1 aliphatic carbocycles. The SMILES string of the molecule is Cn1c2c(c(=O)n(C)c1=O)C1[C+]=CC=CC=C1O2. The maximum absolute atomic E-state index is 12.2. The highest BCUT2D eigenvalue weighted by molar-refractivity contribution is 5.45. The molecule has 1 aromatic rings. The van der Waals surface area contributed by atoms with Crippen LogP contribution in [0.4, 0.5) is 0 Å². The van der Waals surface area contributed by atoms with Crippen molar-refractivity contribution in [3.63, 3.8) is 0 Å². The largest absolute Gasteiger partial charge is 0.441 e. The minimum atomic E-state index is -0.393. The van der Waals surface area contributed by atoms with Crippen LogP contribution in [-0.2, 0) is 14.1 Å². The summed E-state index contributed by atoms with van der Waals surface area (Å²) in [5.74, 6) is 0.601. The van der Waals surface area contributed by atoms with Crippen LogP contribution in [-0.4, -0.2) is 9.13 Å². The van der Waals surface area contributed by atoms with E-state index in [1.165, 1.54) is 11.6 Å². The van der Waals surface area contributed by atoms with E-state index in [2.05, 4.69) is 6.08 Å². The highest BCUT2D eigenvalue weighted by Gasteiger charge is 2.38. The van der Waals surface area contributed by atoms with Gasteiger partial charge in [0, 0.05) is 26.2 Å². The molecule has 5 nitrogen and oxygen atoms in total. The van der Waals surface area contributed by atoms with Gasteiger partial charge in [-0.15, -0.1) is 0 Å². The van der Waals surface area contributed by atoms with Crippen molar-refractivity contribution in [1.82, 2.24) is 9.13 Å². The molecule has 0 spiro atoms. The molecule has 2 heterocycles. The van der Waals surface area contributed by atoms with Crippen molar-refractivity contribution in [2.45, 2.75) is 5.92 Å². The van der Waals surface area contributed by atoms with Crippen LogP contribution >= 0.6 is 0 Å². The average Bonchev–Trinajstić information content (AvgIpc) is 2.57. The molecular weight excluding hydrogens is 232 g/mol. The van der Waals surface area contributed by atoms with Crippen molar-refractivity contribution in [2.75, 3.05) is 0 Å². The van der Waals surface area contributed by atoms with Crippen molar-refractivity contribution in [1.29, 1.82) is 0 Å². The third kappa shape index (κ3) is 1.25. The van der Waals surface area contributed by atoms with Crippen molar-refractivity contribution in [3.8, 4) is 5.88 Å². The zero-order chi connectivity index (χ0) is 12.9. The Kier molecular flexibility index (Phi) is 2.12. The Hall–Kier alpha value is -2.39. The topological polar surface area (TPSA) is 53.2 Å². The first-order valence-corrected chi connectivity index (χ1v) is 5.55. The normalized spacial score (nSPS) is 19.4. The molecule has 1 atom stereocenters. The molecule has 3 rings (SSSR count). The van der Waals surface area contributed by atoms with E-state index in [1.807, 2.05) is 12.2 Å². The predicted molar refractivity (Wildman–Crippen MR) is 65.3 cm³/mol. The summed E-state index contributed by atoms with van der Waals surface area (Å²) in [5, 5.41) is 0. The van der Waals surface area contributed by atoms with E-state index in [4.69, 9.17) is 4.74 Å². The van der Waals surface area contributed by atoms with Gasteiger partial charge < -0.3 is 4.74 Å². The first-order chi connectivity index (χ1) is 8.61. The third-order valence-corrected chi connectivity index (χ3v) is 3.16. The predicted octanol–water partition coefficient (Wildman–Crippen LogP) is 0.373. The van der Waals surface area contributed by atoms with Crippen LogP contribution in [0.15, 0.2) is 39.7 Å². The fraction of sp³-hybridized carbons (Fsp3) is 0.231. The lowest BCUT2D eigenvalue weighted by molar-refractivity contribution is 0.397. The number of allylic oxidation sites excluding steroid dienone is 5. The van der Waals surface area contributed by atoms with Crippen LogP contribution in [0.2, 0.25) is 0 Å². The molecule has 1 aliphatic heterocycles. The number of rotatable bonds is 0. The van der Waals surface area contributed by atoms with Crippen LogP contribution < -0.4 is 16.0 Å². The van der Waals surface area contributed by atoms with Gasteiger partial charge in [0.25, 0.3) is 5.56 Å². The van der Waals surface area contributed by atoms with Gasteiger partial charge in [0.15, 0.2) is 12.0 Å². The van der Waals surface area contributed by atoms with Gasteiger partial charge in [-0.2, -0.15) is 0 Å². The summed E-state index contributed by atoms with van der Waals surface area (Å²) in [6, 6.07) is 0. The monoisotopic (exact) mass is 243 g/mol. The van der Waals surface area contributed by atoms with Gasteiger partial charge in [0.05, 0.1) is 12.2 Å². The Balaban J connectivity index is 2.37. The zero-order valence-corrected chi connectivity index (χ0v) is 10.0. The minimum Gasteiger partial charge on any atom is -0.441 e. The van der Waals surface area contributed by atoms with Crippen molar-refractivity contribution in [3.05, 3.63) is 62.5 Å². The molecule has 0 aromatic carbocycles. The summed E-state index contributed by atoms with van der Waals surface area (Å²) < 4.78 is 8.05. The molecule has 1 aromatic heterocycles. The highest BCUT2D eigenvalue weighted by atomic mass is 16.5. The third-order valence-electron chi connectivity index (χ3n) is 3.16. The first-order valence-electron chi connectivity index (χ1n) is 5.55. The van der Waals surface area contributed by atoms with E-state index >= 15 is 0 Å². The molecule has 0 saturated heterocycles. The average molecular weight is 243 g/mol. The van der Waals surface area contributed by atoms with Crippen LogP contribution in [0.25, 0.3) is 0 Å². The minimum absolute atomic E-state index is 0.315. The van der Waals surface area contributed by atoms with Crippen LogP contribution in [0.5, 0.6) is 5.88 Å². The maximum Gasteiger partial charge on any atom is 0.333 e. The standard InChI is InChI=1S/C13H11N2O3/c1-14-11(16)10-8-6-4-3-5-7-9(8)18-12(10)15(2)13(14)17/h3-5,7-8H,1-2H3/q+1. The molecule has 5 heteroatoms. The molecule has 0 bridgehead atoms. The summed E-state index contributed by atoms with van der Waals surface area (Å²) in [5.41, 5.74) is -0.259. The van der Waals surface area contributed by atoms with Gasteiger partial charge in [-0.25, -0.2) is 4.79 Å². The van der Waals surface area contributed by atoms with E-state index in [0.29, 0.717) is 17.2 Å². The highest BCUT2D eigenvalue weighted by Crippen LogP contribution is 2.38. The second kappa shape index (κ2) is 3.55. The fourth-order valence-corrected chi connectivity index (χ4v) is 2.19. The first kappa shape index (κ1) is 10.7. The van der Waals surface area contributed by atoms with Gasteiger partial charge in [-0.05, 0) is 0 Å². The van der Waals surface area contributed by atoms with E-state index in [9.17, 15) is 9.59 Å². The van der Waals surface area contributed by atoms with Crippen LogP contribution in [0, 0.1) is 6.08 Å². The zero-order valence-electron chi connectivity index (χ0n) is 10.0. The van der Waals surface area contributed by atoms with Crippen molar-refractivity contribution in [2.24, 2.45) is 14.1 Å². The van der Waals surface area contributed by atoms with E-state index < -0.39 is 5.69 Å². The quantitative estimate of drug-likeness (QED) is 0.619. The molecule has 0 amide bonds. The molecule has 2 aliphatic rings. The summed E-state index contributed by atoms with van der Waals surface area (Å²) >= 11 is 0. The molecule has 1 unspecified atom stereocenters. The lowest BCUT2D eigenvalue weighted by Crippen LogP contribution is -2.38. The van der Waals surface area contributed by atoms with Crippen LogP contribution in [0.1, 0.15) is 11.5 Å². The van der Waals surface area contributed by atoms with Gasteiger partial charge >= 0.3 is 5.69 Å². The number of ether oxygens (including phenoxy) is 1. The molecular formula is C13H11N2O3+. The number of nitrogens with zero attached hydrogens (tertiary/aromatic N) is 2. The number of fused-ring (bicyclic) bond motifs is 3. The summed E-state index contributed by atoms with van der Waals surface area (Å²) in [4.78, 5) is 24.0. The Morgan fingerprint density at radius 3 is 2.78 bits per heavy atom. The number of aromatic nitrogens is 2. The number of hydrogen-bond acceptors (Lipinski definition) is 3. The second-order valence-electron chi connectivity index (χ2n) is 4.25. The van der Waals surface area contributed by atoms with Gasteiger partial charge in [-0.3, -0.25) is 13.9 Å². The Bertz CT molecular complexity index is 732. The maximum atomic E-state index is 12.2. The van der Waals surface area contributed by atoms with E-state index in [0.717, 1.165) is 4.57 Å². The summed E-state index contributed by atoms with van der Waals surface area (Å²) in [7, 11) is 3.05. The number of hydrogen-bond donors (Lipinski definition) is 0. The van der Waals surface area contributed by atoms with Crippen LogP contribution in [0.3, 0.4) is 0 Å². The molecule has 90 valence electrons. The molecule has 0 radical (unpaired) electrons. The Morgan fingerprint density at radius 1 is 1.22 bits per heavy atom. The summed E-state index contributed by atoms with van der Waals surface area (Å²) in [6.07, 6.45) is 10.2. The van der Waals surface area contributed by atoms with Crippen molar-refractivity contribution >= 4 is 0 Å². The van der Waals surface area contributed by atoms with Gasteiger partial charge in [-0.1, -0.05) is 0 Å². The van der Waals surface area contributed by atoms with E-state index in [1.54, 1.807) is 19.2 Å². The second-order valence-corrected chi connectivity index (χ2v) is 4.25. The summed E-state index contributed by atoms with van der Waals surface area (Å²) in [6.45, 7) is 0. The Morgan fingerprint density at radius 2 is 2.00 bits per heavy atom. The lowest BCUT2D eigenvalue weighted by Gasteiger charge is -2.06. The Labute approximate surface area is 103 Å². The molecule has 0 N–H and O–H groups in total. The van der Waals surface area contributed by atoms with Crippen molar-refractivity contribution < 1.29 is 4.74 Å². The lowest BCUT2D eigenvalue weighted by atomic mass is 10.0. The van der Waals surface area contributed by atoms with E-state index in [-0.39, 0.29) is 11.5 Å². The molecule has 0 saturated carbocycles. The van der Waals surface area contributed by atoms with Gasteiger partial charge in [0.1, 0.15) is 11.3 Å². The molecule has 18 heavy (non-hydrogen) atoms. The fourth-order valence-electron chi connectivity index (χ4n) is 2.19. The van der Waals surface area contributed by atoms with Gasteiger partial charge in [0.2, 0.25) is 5.88 Å².